The number of halogens is 1. The van der Waals surface area contributed by atoms with Crippen LogP contribution in [-0.2, 0) is 0 Å². The highest BCUT2D eigenvalue weighted by Gasteiger charge is 2.15. The van der Waals surface area contributed by atoms with Crippen molar-refractivity contribution in [2.24, 2.45) is 5.10 Å². The number of nitrogens with zero attached hydrogens (tertiary/aromatic N) is 6. The van der Waals surface area contributed by atoms with Crippen LogP contribution in [0.4, 0.5) is 5.69 Å². The predicted octanol–water partition coefficient (Wildman–Crippen LogP) is 6.67. The second-order valence-corrected chi connectivity index (χ2v) is 10.4. The van der Waals surface area contributed by atoms with Crippen molar-refractivity contribution in [2.45, 2.75) is 33.6 Å². The number of nitro groups is 1. The third kappa shape index (κ3) is 5.28. The van der Waals surface area contributed by atoms with Gasteiger partial charge in [0.2, 0.25) is 5.88 Å². The molecule has 0 spiro atoms. The Morgan fingerprint density at radius 3 is 2.48 bits per heavy atom. The highest BCUT2D eigenvalue weighted by Crippen LogP contribution is 2.25. The maximum Gasteiger partial charge on any atom is 0.287 e. The second-order valence-electron chi connectivity index (χ2n) is 9.52. The maximum absolute atomic E-state index is 13.4. The Bertz CT molecular complexity index is 1820. The van der Waals surface area contributed by atoms with Gasteiger partial charge in [-0.25, -0.2) is 9.97 Å². The molecule has 0 bridgehead atoms. The number of benzene rings is 2. The Kier molecular flexibility index (Phi) is 7.31. The van der Waals surface area contributed by atoms with Crippen molar-refractivity contribution >= 4 is 38.7 Å². The van der Waals surface area contributed by atoms with Crippen molar-refractivity contribution in [3.8, 4) is 17.3 Å². The van der Waals surface area contributed by atoms with E-state index >= 15 is 0 Å². The van der Waals surface area contributed by atoms with Gasteiger partial charge in [0.15, 0.2) is 0 Å². The molecule has 0 radical (unpaired) electrons. The zero-order valence-corrected chi connectivity index (χ0v) is 23.8. The number of rotatable bonds is 7. The summed E-state index contributed by atoms with van der Waals surface area (Å²) < 4.78 is 9.99. The largest absolute Gasteiger partial charge is 0.439 e. The van der Waals surface area contributed by atoms with Gasteiger partial charge in [-0.2, -0.15) is 9.78 Å². The fraction of sp³-hybridized carbons (Fsp3) is 0.172. The molecule has 0 fully saturated rings. The summed E-state index contributed by atoms with van der Waals surface area (Å²) in [5.41, 5.74) is 4.02. The standard InChI is InChI=1S/C29H25BrN6O4/c1-17(2)28-33-26-11-5-21(30)14-25(26)29(37)35(28)32-15-20-13-18(3)34(19(20)4)22-6-9-24(10-7-22)40-27-12-8-23(16-31-27)36(38)39/h5-17H,1-4H3. The average molecular weight is 601 g/mol. The summed E-state index contributed by atoms with van der Waals surface area (Å²) in [4.78, 5) is 32.4. The lowest BCUT2D eigenvalue weighted by atomic mass is 10.2. The van der Waals surface area contributed by atoms with Crippen LogP contribution >= 0.6 is 15.9 Å². The Balaban J connectivity index is 1.43. The Labute approximate surface area is 237 Å². The summed E-state index contributed by atoms with van der Waals surface area (Å²) >= 11 is 3.43. The first-order valence-corrected chi connectivity index (χ1v) is 13.3. The normalized spacial score (nSPS) is 11.6. The lowest BCUT2D eigenvalue weighted by molar-refractivity contribution is -0.385. The van der Waals surface area contributed by atoms with E-state index in [9.17, 15) is 14.9 Å². The van der Waals surface area contributed by atoms with E-state index in [0.717, 1.165) is 33.3 Å². The number of hydrogen-bond acceptors (Lipinski definition) is 7. The molecule has 0 aliphatic rings. The fourth-order valence-corrected chi connectivity index (χ4v) is 4.77. The van der Waals surface area contributed by atoms with E-state index in [2.05, 4.69) is 30.6 Å². The van der Waals surface area contributed by atoms with Crippen LogP contribution in [0.5, 0.6) is 11.6 Å². The lowest BCUT2D eigenvalue weighted by Gasteiger charge is -2.12. The molecule has 0 aliphatic carbocycles. The van der Waals surface area contributed by atoms with Crippen LogP contribution in [0.3, 0.4) is 0 Å². The number of aromatic nitrogens is 4. The summed E-state index contributed by atoms with van der Waals surface area (Å²) in [6.07, 6.45) is 2.85. The van der Waals surface area contributed by atoms with Crippen molar-refractivity contribution in [3.63, 3.8) is 0 Å². The molecule has 40 heavy (non-hydrogen) atoms. The molecule has 5 rings (SSSR count). The first-order valence-electron chi connectivity index (χ1n) is 12.5. The van der Waals surface area contributed by atoms with E-state index in [1.54, 1.807) is 24.4 Å². The number of fused-ring (bicyclic) bond motifs is 1. The van der Waals surface area contributed by atoms with Gasteiger partial charge in [-0.1, -0.05) is 29.8 Å². The molecule has 0 saturated heterocycles. The molecule has 2 aromatic carbocycles. The monoisotopic (exact) mass is 600 g/mol. The van der Waals surface area contributed by atoms with Crippen molar-refractivity contribution < 1.29 is 9.66 Å². The van der Waals surface area contributed by atoms with Gasteiger partial charge in [0.1, 0.15) is 17.8 Å². The minimum absolute atomic E-state index is 0.00716. The molecule has 0 atom stereocenters. The zero-order chi connectivity index (χ0) is 28.6. The topological polar surface area (TPSA) is 117 Å². The number of hydrogen-bond donors (Lipinski definition) is 0. The van der Waals surface area contributed by atoms with Crippen LogP contribution in [0.25, 0.3) is 16.6 Å². The molecule has 0 aliphatic heterocycles. The molecule has 0 saturated carbocycles. The van der Waals surface area contributed by atoms with Crippen LogP contribution < -0.4 is 10.3 Å². The zero-order valence-electron chi connectivity index (χ0n) is 22.2. The Morgan fingerprint density at radius 1 is 1.07 bits per heavy atom. The van der Waals surface area contributed by atoms with Crippen LogP contribution in [-0.4, -0.2) is 30.3 Å². The smallest absolute Gasteiger partial charge is 0.287 e. The minimum atomic E-state index is -0.508. The number of ether oxygens (including phenoxy) is 1. The summed E-state index contributed by atoms with van der Waals surface area (Å²) in [6, 6.07) is 17.7. The maximum atomic E-state index is 13.4. The van der Waals surface area contributed by atoms with Gasteiger partial charge in [-0.3, -0.25) is 14.9 Å². The SMILES string of the molecule is Cc1cc(C=Nn2c(C(C)C)nc3ccc(Br)cc3c2=O)c(C)n1-c1ccc(Oc2ccc([N+](=O)[O-])cn2)cc1. The van der Waals surface area contributed by atoms with Gasteiger partial charge in [0, 0.05) is 45.2 Å². The molecule has 0 amide bonds. The van der Waals surface area contributed by atoms with Gasteiger partial charge in [-0.05, 0) is 62.4 Å². The molecule has 0 N–H and O–H groups in total. The van der Waals surface area contributed by atoms with Gasteiger partial charge in [-0.15, -0.1) is 0 Å². The molecule has 202 valence electrons. The number of aryl methyl sites for hydroxylation is 1. The van der Waals surface area contributed by atoms with Crippen LogP contribution in [0.2, 0.25) is 0 Å². The van der Waals surface area contributed by atoms with Gasteiger partial charge >= 0.3 is 0 Å². The molecule has 5 aromatic rings. The van der Waals surface area contributed by atoms with E-state index in [4.69, 9.17) is 9.72 Å². The van der Waals surface area contributed by atoms with E-state index in [1.807, 2.05) is 58.0 Å². The molecular weight excluding hydrogens is 576 g/mol. The van der Waals surface area contributed by atoms with Crippen LogP contribution in [0, 0.1) is 24.0 Å². The molecule has 11 heteroatoms. The van der Waals surface area contributed by atoms with Gasteiger partial charge < -0.3 is 9.30 Å². The summed E-state index contributed by atoms with van der Waals surface area (Å²) in [6.45, 7) is 7.95. The molecule has 3 aromatic heterocycles. The van der Waals surface area contributed by atoms with Crippen LogP contribution in [0.1, 0.15) is 42.5 Å². The lowest BCUT2D eigenvalue weighted by Crippen LogP contribution is -2.23. The van der Waals surface area contributed by atoms with Gasteiger partial charge in [0.25, 0.3) is 11.2 Å². The summed E-state index contributed by atoms with van der Waals surface area (Å²) in [5.74, 6) is 1.39. The molecule has 10 nitrogen and oxygen atoms in total. The van der Waals surface area contributed by atoms with Crippen LogP contribution in [0.15, 0.2) is 81.2 Å². The van der Waals surface area contributed by atoms with E-state index in [0.29, 0.717) is 22.5 Å². The fourth-order valence-electron chi connectivity index (χ4n) is 4.41. The Hall–Kier alpha value is -4.64. The average Bonchev–Trinajstić information content (AvgIpc) is 3.21. The highest BCUT2D eigenvalue weighted by atomic mass is 79.9. The quantitative estimate of drug-likeness (QED) is 0.117. The third-order valence-electron chi connectivity index (χ3n) is 6.38. The summed E-state index contributed by atoms with van der Waals surface area (Å²) in [7, 11) is 0. The first kappa shape index (κ1) is 26.9. The van der Waals surface area contributed by atoms with Gasteiger partial charge in [0.05, 0.1) is 22.0 Å². The predicted molar refractivity (Wildman–Crippen MR) is 157 cm³/mol. The van der Waals surface area contributed by atoms with E-state index in [-0.39, 0.29) is 23.0 Å². The van der Waals surface area contributed by atoms with E-state index < -0.39 is 4.92 Å². The highest BCUT2D eigenvalue weighted by molar-refractivity contribution is 9.10. The number of pyridine rings is 1. The Morgan fingerprint density at radius 2 is 1.82 bits per heavy atom. The third-order valence-corrected chi connectivity index (χ3v) is 6.87. The van der Waals surface area contributed by atoms with Crippen molar-refractivity contribution in [3.05, 3.63) is 115 Å². The van der Waals surface area contributed by atoms with Crippen molar-refractivity contribution in [1.82, 2.24) is 19.2 Å². The summed E-state index contributed by atoms with van der Waals surface area (Å²) in [5, 5.41) is 15.9. The molecule has 0 unspecified atom stereocenters. The van der Waals surface area contributed by atoms with Crippen molar-refractivity contribution in [2.75, 3.05) is 0 Å². The van der Waals surface area contributed by atoms with Crippen molar-refractivity contribution in [1.29, 1.82) is 0 Å². The minimum Gasteiger partial charge on any atom is -0.439 e. The first-order chi connectivity index (χ1) is 19.1. The second kappa shape index (κ2) is 10.9. The molecule has 3 heterocycles. The van der Waals surface area contributed by atoms with E-state index in [1.165, 1.54) is 16.8 Å². The molecular formula is C29H25BrN6O4.